The van der Waals surface area contributed by atoms with Crippen LogP contribution in [0, 0.1) is 6.92 Å². The molecule has 4 heteroatoms. The van der Waals surface area contributed by atoms with Crippen molar-refractivity contribution >= 4 is 11.5 Å². The third-order valence-electron chi connectivity index (χ3n) is 2.79. The van der Waals surface area contributed by atoms with Crippen LogP contribution in [-0.2, 0) is 6.54 Å². The van der Waals surface area contributed by atoms with Crippen molar-refractivity contribution in [2.75, 3.05) is 5.73 Å². The summed E-state index contributed by atoms with van der Waals surface area (Å²) in [6, 6.07) is 7.09. The SMILES string of the molecule is CCn1nccc1C(=O)c1ccc(C)c(N)c1. The molecule has 2 aromatic rings. The number of anilines is 1. The van der Waals surface area contributed by atoms with E-state index in [4.69, 9.17) is 5.73 Å². The van der Waals surface area contributed by atoms with Gasteiger partial charge in [0.15, 0.2) is 0 Å². The van der Waals surface area contributed by atoms with Gasteiger partial charge in [0.1, 0.15) is 5.69 Å². The number of aromatic nitrogens is 2. The molecule has 0 radical (unpaired) electrons. The molecule has 0 fully saturated rings. The van der Waals surface area contributed by atoms with E-state index in [2.05, 4.69) is 5.10 Å². The fraction of sp³-hybridized carbons (Fsp3) is 0.231. The molecule has 0 bridgehead atoms. The van der Waals surface area contributed by atoms with Crippen molar-refractivity contribution in [1.82, 2.24) is 9.78 Å². The van der Waals surface area contributed by atoms with Gasteiger partial charge in [0.05, 0.1) is 0 Å². The van der Waals surface area contributed by atoms with Gasteiger partial charge in [-0.05, 0) is 31.5 Å². The first-order chi connectivity index (χ1) is 8.13. The summed E-state index contributed by atoms with van der Waals surface area (Å²) < 4.78 is 1.68. The number of nitrogens with two attached hydrogens (primary N) is 1. The van der Waals surface area contributed by atoms with Crippen molar-refractivity contribution in [3.8, 4) is 0 Å². The highest BCUT2D eigenvalue weighted by molar-refractivity contribution is 6.08. The van der Waals surface area contributed by atoms with Crippen molar-refractivity contribution in [1.29, 1.82) is 0 Å². The summed E-state index contributed by atoms with van der Waals surface area (Å²) >= 11 is 0. The highest BCUT2D eigenvalue weighted by Gasteiger charge is 2.14. The van der Waals surface area contributed by atoms with Crippen LogP contribution >= 0.6 is 0 Å². The molecule has 1 aromatic heterocycles. The zero-order valence-corrected chi connectivity index (χ0v) is 9.97. The average Bonchev–Trinajstić information content (AvgIpc) is 2.80. The molecule has 0 spiro atoms. The lowest BCUT2D eigenvalue weighted by atomic mass is 10.0. The first kappa shape index (κ1) is 11.4. The number of ketones is 1. The zero-order chi connectivity index (χ0) is 12.4. The van der Waals surface area contributed by atoms with Gasteiger partial charge in [0, 0.05) is 24.0 Å². The van der Waals surface area contributed by atoms with Gasteiger partial charge in [-0.15, -0.1) is 0 Å². The number of nitrogen functional groups attached to an aromatic ring is 1. The number of hydrogen-bond donors (Lipinski definition) is 1. The van der Waals surface area contributed by atoms with Crippen LogP contribution in [0.25, 0.3) is 0 Å². The minimum Gasteiger partial charge on any atom is -0.398 e. The lowest BCUT2D eigenvalue weighted by Gasteiger charge is -2.06. The van der Waals surface area contributed by atoms with Crippen molar-refractivity contribution in [2.24, 2.45) is 0 Å². The molecule has 2 rings (SSSR count). The summed E-state index contributed by atoms with van der Waals surface area (Å²) in [7, 11) is 0. The predicted octanol–water partition coefficient (Wildman–Crippen LogP) is 2.02. The first-order valence-corrected chi connectivity index (χ1v) is 5.56. The van der Waals surface area contributed by atoms with Crippen LogP contribution < -0.4 is 5.73 Å². The molecular formula is C13H15N3O. The van der Waals surface area contributed by atoms with E-state index < -0.39 is 0 Å². The molecular weight excluding hydrogens is 214 g/mol. The Morgan fingerprint density at radius 1 is 1.41 bits per heavy atom. The van der Waals surface area contributed by atoms with Crippen molar-refractivity contribution < 1.29 is 4.79 Å². The standard InChI is InChI=1S/C13H15N3O/c1-3-16-12(6-7-15-16)13(17)10-5-4-9(2)11(14)8-10/h4-8H,3,14H2,1-2H3. The topological polar surface area (TPSA) is 60.9 Å². The van der Waals surface area contributed by atoms with Crippen molar-refractivity contribution in [2.45, 2.75) is 20.4 Å². The van der Waals surface area contributed by atoms with Crippen LogP contribution in [0.2, 0.25) is 0 Å². The van der Waals surface area contributed by atoms with E-state index in [9.17, 15) is 4.79 Å². The molecule has 1 heterocycles. The summed E-state index contributed by atoms with van der Waals surface area (Å²) in [6.07, 6.45) is 1.63. The molecule has 0 aliphatic carbocycles. The van der Waals surface area contributed by atoms with Gasteiger partial charge in [0.2, 0.25) is 5.78 Å². The second kappa shape index (κ2) is 4.41. The molecule has 0 atom stereocenters. The first-order valence-electron chi connectivity index (χ1n) is 5.56. The van der Waals surface area contributed by atoms with Crippen LogP contribution in [0.4, 0.5) is 5.69 Å². The van der Waals surface area contributed by atoms with Gasteiger partial charge >= 0.3 is 0 Å². The van der Waals surface area contributed by atoms with Crippen LogP contribution in [0.15, 0.2) is 30.5 Å². The fourth-order valence-electron chi connectivity index (χ4n) is 1.71. The Morgan fingerprint density at radius 3 is 2.82 bits per heavy atom. The Kier molecular flexibility index (Phi) is 2.95. The molecule has 1 aromatic carbocycles. The zero-order valence-electron chi connectivity index (χ0n) is 9.97. The van der Waals surface area contributed by atoms with E-state index in [1.165, 1.54) is 0 Å². The number of carbonyl (C=O) groups excluding carboxylic acids is 1. The molecule has 0 aliphatic heterocycles. The lowest BCUT2D eigenvalue weighted by molar-refractivity contribution is 0.102. The van der Waals surface area contributed by atoms with Crippen LogP contribution in [-0.4, -0.2) is 15.6 Å². The Bertz CT molecular complexity index is 558. The summed E-state index contributed by atoms with van der Waals surface area (Å²) in [6.45, 7) is 4.54. The fourth-order valence-corrected chi connectivity index (χ4v) is 1.71. The molecule has 0 amide bonds. The number of aryl methyl sites for hydroxylation is 2. The maximum absolute atomic E-state index is 12.2. The van der Waals surface area contributed by atoms with Gasteiger partial charge in [0.25, 0.3) is 0 Å². The summed E-state index contributed by atoms with van der Waals surface area (Å²) in [4.78, 5) is 12.2. The third kappa shape index (κ3) is 2.06. The number of hydrogen-bond acceptors (Lipinski definition) is 3. The van der Waals surface area contributed by atoms with Gasteiger partial charge in [-0.3, -0.25) is 9.48 Å². The highest BCUT2D eigenvalue weighted by Crippen LogP contribution is 2.16. The summed E-state index contributed by atoms with van der Waals surface area (Å²) in [5.74, 6) is -0.0453. The van der Waals surface area contributed by atoms with Crippen LogP contribution in [0.1, 0.15) is 28.5 Å². The van der Waals surface area contributed by atoms with Gasteiger partial charge < -0.3 is 5.73 Å². The molecule has 0 saturated carbocycles. The Hall–Kier alpha value is -2.10. The van der Waals surface area contributed by atoms with Gasteiger partial charge in [-0.25, -0.2) is 0 Å². The smallest absolute Gasteiger partial charge is 0.211 e. The average molecular weight is 229 g/mol. The quantitative estimate of drug-likeness (QED) is 0.647. The lowest BCUT2D eigenvalue weighted by Crippen LogP contribution is -2.11. The van der Waals surface area contributed by atoms with E-state index in [1.54, 1.807) is 29.1 Å². The molecule has 2 N–H and O–H groups in total. The number of carbonyl (C=O) groups is 1. The second-order valence-electron chi connectivity index (χ2n) is 3.93. The Balaban J connectivity index is 2.40. The minimum absolute atomic E-state index is 0.0453. The summed E-state index contributed by atoms with van der Waals surface area (Å²) in [5.41, 5.74) is 8.62. The van der Waals surface area contributed by atoms with Crippen LogP contribution in [0.5, 0.6) is 0 Å². The minimum atomic E-state index is -0.0453. The molecule has 0 saturated heterocycles. The van der Waals surface area contributed by atoms with Crippen molar-refractivity contribution in [3.63, 3.8) is 0 Å². The monoisotopic (exact) mass is 229 g/mol. The van der Waals surface area contributed by atoms with E-state index in [-0.39, 0.29) is 5.78 Å². The molecule has 88 valence electrons. The Morgan fingerprint density at radius 2 is 2.18 bits per heavy atom. The normalized spacial score (nSPS) is 10.5. The number of benzene rings is 1. The maximum atomic E-state index is 12.2. The number of nitrogens with zero attached hydrogens (tertiary/aromatic N) is 2. The van der Waals surface area contributed by atoms with E-state index >= 15 is 0 Å². The molecule has 0 aliphatic rings. The molecule has 0 unspecified atom stereocenters. The summed E-state index contributed by atoms with van der Waals surface area (Å²) in [5, 5.41) is 4.09. The van der Waals surface area contributed by atoms with Crippen molar-refractivity contribution in [3.05, 3.63) is 47.3 Å². The van der Waals surface area contributed by atoms with E-state index in [0.717, 1.165) is 5.56 Å². The highest BCUT2D eigenvalue weighted by atomic mass is 16.1. The van der Waals surface area contributed by atoms with E-state index in [1.807, 2.05) is 19.9 Å². The predicted molar refractivity (Wildman–Crippen MR) is 66.9 cm³/mol. The Labute approximate surface area is 100 Å². The third-order valence-corrected chi connectivity index (χ3v) is 2.79. The van der Waals surface area contributed by atoms with Gasteiger partial charge in [-0.1, -0.05) is 12.1 Å². The molecule has 4 nitrogen and oxygen atoms in total. The van der Waals surface area contributed by atoms with Crippen LogP contribution in [0.3, 0.4) is 0 Å². The number of rotatable bonds is 3. The van der Waals surface area contributed by atoms with Gasteiger partial charge in [-0.2, -0.15) is 5.10 Å². The van der Waals surface area contributed by atoms with E-state index in [0.29, 0.717) is 23.5 Å². The maximum Gasteiger partial charge on any atom is 0.211 e. The largest absolute Gasteiger partial charge is 0.398 e. The second-order valence-corrected chi connectivity index (χ2v) is 3.93. The molecule has 17 heavy (non-hydrogen) atoms.